The van der Waals surface area contributed by atoms with Crippen molar-refractivity contribution in [2.45, 2.75) is 13.5 Å². The number of anilines is 1. The molecule has 2 rings (SSSR count). The van der Waals surface area contributed by atoms with E-state index in [1.54, 1.807) is 7.05 Å². The molecule has 0 atom stereocenters. The van der Waals surface area contributed by atoms with Gasteiger partial charge in [0.1, 0.15) is 0 Å². The van der Waals surface area contributed by atoms with Gasteiger partial charge in [0.25, 0.3) is 5.91 Å². The second kappa shape index (κ2) is 6.57. The van der Waals surface area contributed by atoms with Gasteiger partial charge in [-0.25, -0.2) is 0 Å². The second-order valence-electron chi connectivity index (χ2n) is 4.59. The van der Waals surface area contributed by atoms with E-state index in [9.17, 15) is 4.79 Å². The van der Waals surface area contributed by atoms with Gasteiger partial charge >= 0.3 is 0 Å². The fourth-order valence-electron chi connectivity index (χ4n) is 1.83. The van der Waals surface area contributed by atoms with Gasteiger partial charge < -0.3 is 10.6 Å². The van der Waals surface area contributed by atoms with Crippen LogP contribution in [0, 0.1) is 6.92 Å². The zero-order chi connectivity index (χ0) is 14.5. The molecule has 0 saturated carbocycles. The highest BCUT2D eigenvalue weighted by Crippen LogP contribution is 2.21. The van der Waals surface area contributed by atoms with E-state index < -0.39 is 0 Å². The molecular formula is C16H17BrN2O. The van der Waals surface area contributed by atoms with Crippen LogP contribution in [0.5, 0.6) is 0 Å². The molecule has 2 aromatic carbocycles. The summed E-state index contributed by atoms with van der Waals surface area (Å²) in [4.78, 5) is 11.4. The summed E-state index contributed by atoms with van der Waals surface area (Å²) >= 11 is 3.52. The van der Waals surface area contributed by atoms with E-state index >= 15 is 0 Å². The number of amides is 1. The summed E-state index contributed by atoms with van der Waals surface area (Å²) in [5.41, 5.74) is 4.09. The summed E-state index contributed by atoms with van der Waals surface area (Å²) < 4.78 is 1.09. The molecule has 0 radical (unpaired) electrons. The molecule has 104 valence electrons. The Kier molecular flexibility index (Phi) is 4.79. The minimum absolute atomic E-state index is 0.0630. The van der Waals surface area contributed by atoms with Crippen LogP contribution < -0.4 is 10.6 Å². The molecule has 0 aliphatic heterocycles. The van der Waals surface area contributed by atoms with Gasteiger partial charge in [-0.3, -0.25) is 4.79 Å². The Morgan fingerprint density at radius 2 is 1.85 bits per heavy atom. The third-order valence-corrected chi connectivity index (χ3v) is 3.97. The van der Waals surface area contributed by atoms with E-state index in [1.165, 1.54) is 5.56 Å². The van der Waals surface area contributed by atoms with Crippen LogP contribution in [0.4, 0.5) is 5.69 Å². The standard InChI is InChI=1S/C16H17BrN2O/c1-11-3-8-14(9-15(11)17)19-10-12-4-6-13(7-5-12)16(20)18-2/h3-9,19H,10H2,1-2H3,(H,18,20). The average molecular weight is 333 g/mol. The highest BCUT2D eigenvalue weighted by Gasteiger charge is 2.02. The number of hydrogen-bond acceptors (Lipinski definition) is 2. The number of hydrogen-bond donors (Lipinski definition) is 2. The Hall–Kier alpha value is -1.81. The van der Waals surface area contributed by atoms with Crippen molar-refractivity contribution >= 4 is 27.5 Å². The first-order valence-electron chi connectivity index (χ1n) is 6.41. The molecule has 0 bridgehead atoms. The Morgan fingerprint density at radius 3 is 2.45 bits per heavy atom. The van der Waals surface area contributed by atoms with Gasteiger partial charge in [0, 0.05) is 29.3 Å². The fourth-order valence-corrected chi connectivity index (χ4v) is 2.20. The van der Waals surface area contributed by atoms with Crippen molar-refractivity contribution < 1.29 is 4.79 Å². The molecule has 3 nitrogen and oxygen atoms in total. The first kappa shape index (κ1) is 14.6. The zero-order valence-corrected chi connectivity index (χ0v) is 13.1. The molecule has 0 aliphatic carbocycles. The summed E-state index contributed by atoms with van der Waals surface area (Å²) in [6.45, 7) is 2.79. The smallest absolute Gasteiger partial charge is 0.251 e. The topological polar surface area (TPSA) is 41.1 Å². The monoisotopic (exact) mass is 332 g/mol. The summed E-state index contributed by atoms with van der Waals surface area (Å²) in [7, 11) is 1.63. The molecule has 2 aromatic rings. The molecule has 1 amide bonds. The predicted octanol–water partition coefficient (Wildman–Crippen LogP) is 3.73. The molecule has 4 heteroatoms. The van der Waals surface area contributed by atoms with Crippen LogP contribution in [-0.2, 0) is 6.54 Å². The van der Waals surface area contributed by atoms with Crippen LogP contribution in [0.2, 0.25) is 0 Å². The maximum Gasteiger partial charge on any atom is 0.251 e. The number of carbonyl (C=O) groups excluding carboxylic acids is 1. The maximum atomic E-state index is 11.4. The Labute approximate surface area is 127 Å². The summed E-state index contributed by atoms with van der Waals surface area (Å²) in [6.07, 6.45) is 0. The fraction of sp³-hybridized carbons (Fsp3) is 0.188. The summed E-state index contributed by atoms with van der Waals surface area (Å²) in [5, 5.41) is 5.97. The Morgan fingerprint density at radius 1 is 1.15 bits per heavy atom. The van der Waals surface area contributed by atoms with Crippen LogP contribution in [0.1, 0.15) is 21.5 Å². The first-order valence-corrected chi connectivity index (χ1v) is 7.20. The SMILES string of the molecule is CNC(=O)c1ccc(CNc2ccc(C)c(Br)c2)cc1. The molecule has 0 aliphatic rings. The van der Waals surface area contributed by atoms with Crippen molar-refractivity contribution in [2.75, 3.05) is 12.4 Å². The van der Waals surface area contributed by atoms with Gasteiger partial charge in [0.15, 0.2) is 0 Å². The van der Waals surface area contributed by atoms with Crippen LogP contribution in [0.15, 0.2) is 46.9 Å². The number of nitrogens with one attached hydrogen (secondary N) is 2. The van der Waals surface area contributed by atoms with E-state index in [0.717, 1.165) is 22.3 Å². The van der Waals surface area contributed by atoms with E-state index in [2.05, 4.69) is 51.7 Å². The van der Waals surface area contributed by atoms with Crippen LogP contribution in [0.25, 0.3) is 0 Å². The zero-order valence-electron chi connectivity index (χ0n) is 11.5. The molecule has 0 aromatic heterocycles. The normalized spacial score (nSPS) is 10.2. The number of rotatable bonds is 4. The number of halogens is 1. The lowest BCUT2D eigenvalue weighted by Crippen LogP contribution is -2.17. The molecule has 0 unspecified atom stereocenters. The van der Waals surface area contributed by atoms with Gasteiger partial charge in [0.05, 0.1) is 0 Å². The van der Waals surface area contributed by atoms with Gasteiger partial charge in [-0.1, -0.05) is 34.1 Å². The van der Waals surface area contributed by atoms with Gasteiger partial charge in [-0.05, 0) is 42.3 Å². The van der Waals surface area contributed by atoms with Crippen LogP contribution in [-0.4, -0.2) is 13.0 Å². The molecule has 0 saturated heterocycles. The lowest BCUT2D eigenvalue weighted by molar-refractivity contribution is 0.0963. The Balaban J connectivity index is 2.00. The van der Waals surface area contributed by atoms with Gasteiger partial charge in [-0.15, -0.1) is 0 Å². The van der Waals surface area contributed by atoms with Crippen molar-refractivity contribution in [3.63, 3.8) is 0 Å². The van der Waals surface area contributed by atoms with E-state index in [0.29, 0.717) is 5.56 Å². The predicted molar refractivity (Wildman–Crippen MR) is 86.0 cm³/mol. The minimum atomic E-state index is -0.0630. The Bertz CT molecular complexity index is 608. The van der Waals surface area contributed by atoms with Gasteiger partial charge in [0.2, 0.25) is 0 Å². The van der Waals surface area contributed by atoms with Crippen LogP contribution in [0.3, 0.4) is 0 Å². The molecule has 2 N–H and O–H groups in total. The highest BCUT2D eigenvalue weighted by molar-refractivity contribution is 9.10. The lowest BCUT2D eigenvalue weighted by atomic mass is 10.1. The van der Waals surface area contributed by atoms with Crippen molar-refractivity contribution in [1.29, 1.82) is 0 Å². The molecular weight excluding hydrogens is 316 g/mol. The molecule has 0 heterocycles. The van der Waals surface area contributed by atoms with E-state index in [4.69, 9.17) is 0 Å². The quantitative estimate of drug-likeness (QED) is 0.895. The number of aryl methyl sites for hydroxylation is 1. The van der Waals surface area contributed by atoms with Gasteiger partial charge in [-0.2, -0.15) is 0 Å². The first-order chi connectivity index (χ1) is 9.60. The minimum Gasteiger partial charge on any atom is -0.381 e. The molecule has 0 fully saturated rings. The van der Waals surface area contributed by atoms with Crippen LogP contribution >= 0.6 is 15.9 Å². The van der Waals surface area contributed by atoms with Crippen molar-refractivity contribution in [3.05, 3.63) is 63.6 Å². The van der Waals surface area contributed by atoms with Crippen molar-refractivity contribution in [3.8, 4) is 0 Å². The maximum absolute atomic E-state index is 11.4. The second-order valence-corrected chi connectivity index (χ2v) is 5.45. The molecule has 20 heavy (non-hydrogen) atoms. The van der Waals surface area contributed by atoms with E-state index in [1.807, 2.05) is 24.3 Å². The lowest BCUT2D eigenvalue weighted by Gasteiger charge is -2.09. The summed E-state index contributed by atoms with van der Waals surface area (Å²) in [5.74, 6) is -0.0630. The van der Waals surface area contributed by atoms with E-state index in [-0.39, 0.29) is 5.91 Å². The number of benzene rings is 2. The average Bonchev–Trinajstić information content (AvgIpc) is 2.48. The van der Waals surface area contributed by atoms with Crippen molar-refractivity contribution in [1.82, 2.24) is 5.32 Å². The van der Waals surface area contributed by atoms with Crippen molar-refractivity contribution in [2.24, 2.45) is 0 Å². The summed E-state index contributed by atoms with van der Waals surface area (Å²) in [6, 6.07) is 13.8. The third kappa shape index (κ3) is 3.61. The molecule has 0 spiro atoms. The third-order valence-electron chi connectivity index (χ3n) is 3.11. The largest absolute Gasteiger partial charge is 0.381 e. The highest BCUT2D eigenvalue weighted by atomic mass is 79.9. The number of carbonyl (C=O) groups is 1.